The minimum atomic E-state index is -3.74. The molecular weight excluding hydrogens is 541 g/mol. The highest BCUT2D eigenvalue weighted by Gasteiger charge is 2.15. The summed E-state index contributed by atoms with van der Waals surface area (Å²) in [6, 6.07) is 25.9. The maximum atomic E-state index is 13.0. The molecule has 0 bridgehead atoms. The van der Waals surface area contributed by atoms with Gasteiger partial charge in [0.1, 0.15) is 5.01 Å². The first kappa shape index (κ1) is 27.7. The first-order valence-corrected chi connectivity index (χ1v) is 15.3. The van der Waals surface area contributed by atoms with Crippen LogP contribution in [-0.4, -0.2) is 36.6 Å². The quantitative estimate of drug-likeness (QED) is 0.172. The van der Waals surface area contributed by atoms with Crippen LogP contribution in [0.4, 0.5) is 5.69 Å². The Hall–Kier alpha value is -3.89. The highest BCUT2D eigenvalue weighted by Crippen LogP contribution is 2.30. The van der Waals surface area contributed by atoms with E-state index < -0.39 is 16.1 Å². The summed E-state index contributed by atoms with van der Waals surface area (Å²) in [6.45, 7) is 3.16. The molecule has 0 amide bonds. The van der Waals surface area contributed by atoms with Gasteiger partial charge in [0.2, 0.25) is 0 Å². The number of thiazole rings is 1. The Kier molecular flexibility index (Phi) is 8.66. The molecule has 2 heterocycles. The Morgan fingerprint density at radius 2 is 1.65 bits per heavy atom. The second-order valence-electron chi connectivity index (χ2n) is 9.49. The molecule has 5 aromatic rings. The number of aliphatic hydroxyl groups is 1. The van der Waals surface area contributed by atoms with E-state index in [0.29, 0.717) is 18.8 Å². The van der Waals surface area contributed by atoms with E-state index in [-0.39, 0.29) is 4.90 Å². The minimum absolute atomic E-state index is 0.186. The van der Waals surface area contributed by atoms with Gasteiger partial charge < -0.3 is 10.4 Å². The summed E-state index contributed by atoms with van der Waals surface area (Å²) in [5.74, 6) is 0. The molecule has 0 aliphatic rings. The molecule has 1 unspecified atom stereocenters. The van der Waals surface area contributed by atoms with Gasteiger partial charge in [-0.1, -0.05) is 60.2 Å². The van der Waals surface area contributed by atoms with Gasteiger partial charge in [-0.05, 0) is 55.8 Å². The molecular formula is C31H30N4O3S2. The van der Waals surface area contributed by atoms with E-state index in [1.165, 1.54) is 5.56 Å². The molecule has 204 valence electrons. The number of anilines is 1. The highest BCUT2D eigenvalue weighted by molar-refractivity contribution is 7.92. The predicted molar refractivity (Wildman–Crippen MR) is 161 cm³/mol. The molecule has 0 fully saturated rings. The lowest BCUT2D eigenvalue weighted by Crippen LogP contribution is -2.23. The van der Waals surface area contributed by atoms with Crippen LogP contribution >= 0.6 is 11.3 Å². The zero-order valence-electron chi connectivity index (χ0n) is 22.0. The van der Waals surface area contributed by atoms with Gasteiger partial charge in [-0.15, -0.1) is 11.3 Å². The third-order valence-corrected chi connectivity index (χ3v) is 8.76. The van der Waals surface area contributed by atoms with Gasteiger partial charge in [0.15, 0.2) is 0 Å². The van der Waals surface area contributed by atoms with E-state index in [1.807, 2.05) is 23.6 Å². The summed E-state index contributed by atoms with van der Waals surface area (Å²) in [5, 5.41) is 16.4. The van der Waals surface area contributed by atoms with Crippen molar-refractivity contribution >= 4 is 27.0 Å². The summed E-state index contributed by atoms with van der Waals surface area (Å²) >= 11 is 1.56. The minimum Gasteiger partial charge on any atom is -0.387 e. The number of hydrogen-bond donors (Lipinski definition) is 3. The van der Waals surface area contributed by atoms with Crippen LogP contribution in [0.3, 0.4) is 0 Å². The molecule has 5 rings (SSSR count). The van der Waals surface area contributed by atoms with Crippen molar-refractivity contribution in [2.45, 2.75) is 24.3 Å². The van der Waals surface area contributed by atoms with Gasteiger partial charge in [0, 0.05) is 46.7 Å². The fraction of sp³-hybridized carbons (Fsp3) is 0.161. The van der Waals surface area contributed by atoms with E-state index in [2.05, 4.69) is 46.2 Å². The van der Waals surface area contributed by atoms with E-state index in [9.17, 15) is 13.5 Å². The Bertz CT molecular complexity index is 1640. The van der Waals surface area contributed by atoms with Crippen LogP contribution in [0.5, 0.6) is 0 Å². The van der Waals surface area contributed by atoms with Crippen molar-refractivity contribution in [1.82, 2.24) is 15.3 Å². The van der Waals surface area contributed by atoms with Gasteiger partial charge in [-0.25, -0.2) is 13.4 Å². The van der Waals surface area contributed by atoms with Crippen molar-refractivity contribution in [3.8, 4) is 21.8 Å². The SMILES string of the molecule is Cc1ccc(-c2nc(-c3ccc(S(=O)(=O)Nc4ccc(CCNCC(O)c5cccnc5)cc4)cc3)cs2)cc1. The van der Waals surface area contributed by atoms with Crippen molar-refractivity contribution in [2.24, 2.45) is 0 Å². The Morgan fingerprint density at radius 3 is 2.35 bits per heavy atom. The zero-order valence-corrected chi connectivity index (χ0v) is 23.6. The number of aromatic nitrogens is 2. The standard InChI is InChI=1S/C31H30N4O3S2/c1-22-4-8-25(9-5-22)31-34-29(21-39-31)24-10-14-28(15-11-24)40(37,38)35-27-12-6-23(7-13-27)16-18-33-20-30(36)26-3-2-17-32-19-26/h2-15,17,19,21,30,33,35-36H,16,18,20H2,1H3. The molecule has 0 aliphatic carbocycles. The first-order valence-electron chi connectivity index (χ1n) is 12.9. The fourth-order valence-corrected chi connectivity index (χ4v) is 6.05. The number of benzene rings is 3. The molecule has 9 heteroatoms. The third-order valence-electron chi connectivity index (χ3n) is 6.47. The fourth-order valence-electron chi connectivity index (χ4n) is 4.16. The summed E-state index contributed by atoms with van der Waals surface area (Å²) in [5.41, 5.74) is 6.26. The molecule has 2 aromatic heterocycles. The number of aryl methyl sites for hydroxylation is 1. The van der Waals surface area contributed by atoms with Crippen LogP contribution in [0.15, 0.2) is 108 Å². The number of nitrogens with zero attached hydrogens (tertiary/aromatic N) is 2. The molecule has 0 radical (unpaired) electrons. The first-order chi connectivity index (χ1) is 19.4. The number of rotatable bonds is 11. The van der Waals surface area contributed by atoms with Crippen LogP contribution in [-0.2, 0) is 16.4 Å². The summed E-state index contributed by atoms with van der Waals surface area (Å²) in [7, 11) is -3.74. The Morgan fingerprint density at radius 1 is 0.925 bits per heavy atom. The van der Waals surface area contributed by atoms with Gasteiger partial charge in [0.05, 0.1) is 16.7 Å². The van der Waals surface area contributed by atoms with E-state index >= 15 is 0 Å². The molecule has 7 nitrogen and oxygen atoms in total. The average Bonchev–Trinajstić information content (AvgIpc) is 3.47. The second-order valence-corrected chi connectivity index (χ2v) is 12.0. The van der Waals surface area contributed by atoms with Gasteiger partial charge in [-0.3, -0.25) is 9.71 Å². The number of hydrogen-bond acceptors (Lipinski definition) is 7. The number of sulfonamides is 1. The Labute approximate surface area is 238 Å². The van der Waals surface area contributed by atoms with Crippen LogP contribution in [0.1, 0.15) is 22.8 Å². The van der Waals surface area contributed by atoms with Crippen molar-refractivity contribution in [3.63, 3.8) is 0 Å². The number of nitrogens with one attached hydrogen (secondary N) is 2. The van der Waals surface area contributed by atoms with E-state index in [1.54, 1.807) is 66.2 Å². The highest BCUT2D eigenvalue weighted by atomic mass is 32.2. The van der Waals surface area contributed by atoms with Crippen molar-refractivity contribution in [1.29, 1.82) is 0 Å². The third kappa shape index (κ3) is 7.00. The normalized spacial score (nSPS) is 12.2. The van der Waals surface area contributed by atoms with Gasteiger partial charge in [-0.2, -0.15) is 0 Å². The maximum absolute atomic E-state index is 13.0. The lowest BCUT2D eigenvalue weighted by molar-refractivity contribution is 0.174. The van der Waals surface area contributed by atoms with Gasteiger partial charge in [0.25, 0.3) is 10.0 Å². The Balaban J connectivity index is 1.14. The summed E-state index contributed by atoms with van der Waals surface area (Å²) in [4.78, 5) is 8.94. The second kappa shape index (κ2) is 12.5. The van der Waals surface area contributed by atoms with Crippen LogP contribution < -0.4 is 10.0 Å². The summed E-state index contributed by atoms with van der Waals surface area (Å²) < 4.78 is 28.6. The molecule has 0 saturated heterocycles. The summed E-state index contributed by atoms with van der Waals surface area (Å²) in [6.07, 6.45) is 3.46. The lowest BCUT2D eigenvalue weighted by Gasteiger charge is -2.12. The number of pyridine rings is 1. The predicted octanol–water partition coefficient (Wildman–Crippen LogP) is 5.85. The molecule has 3 N–H and O–H groups in total. The molecule has 1 atom stereocenters. The molecule has 40 heavy (non-hydrogen) atoms. The van der Waals surface area contributed by atoms with E-state index in [4.69, 9.17) is 4.98 Å². The maximum Gasteiger partial charge on any atom is 0.261 e. The molecule has 3 aromatic carbocycles. The van der Waals surface area contributed by atoms with Crippen molar-refractivity contribution in [2.75, 3.05) is 17.8 Å². The van der Waals surface area contributed by atoms with Crippen LogP contribution in [0, 0.1) is 6.92 Å². The topological polar surface area (TPSA) is 104 Å². The smallest absolute Gasteiger partial charge is 0.261 e. The average molecular weight is 571 g/mol. The molecule has 0 aliphatic heterocycles. The largest absolute Gasteiger partial charge is 0.387 e. The lowest BCUT2D eigenvalue weighted by atomic mass is 10.1. The molecule has 0 saturated carbocycles. The van der Waals surface area contributed by atoms with Crippen LogP contribution in [0.25, 0.3) is 21.8 Å². The molecule has 0 spiro atoms. The van der Waals surface area contributed by atoms with Crippen LogP contribution in [0.2, 0.25) is 0 Å². The zero-order chi connectivity index (χ0) is 28.0. The van der Waals surface area contributed by atoms with Crippen molar-refractivity contribution < 1.29 is 13.5 Å². The van der Waals surface area contributed by atoms with Gasteiger partial charge >= 0.3 is 0 Å². The van der Waals surface area contributed by atoms with E-state index in [0.717, 1.165) is 39.4 Å². The monoisotopic (exact) mass is 570 g/mol. The van der Waals surface area contributed by atoms with Crippen molar-refractivity contribution in [3.05, 3.63) is 119 Å². The number of aliphatic hydroxyl groups excluding tert-OH is 1.